The minimum atomic E-state index is -0.139. The Kier molecular flexibility index (Phi) is 20.6. The third-order valence-corrected chi connectivity index (χ3v) is 15.4. The van der Waals surface area contributed by atoms with Gasteiger partial charge >= 0.3 is 11.9 Å². The molecule has 4 saturated carbocycles. The number of benzene rings is 2. The van der Waals surface area contributed by atoms with Gasteiger partial charge in [-0.3, -0.25) is 9.59 Å². The molecule has 346 valence electrons. The van der Waals surface area contributed by atoms with Gasteiger partial charge in [0, 0.05) is 26.4 Å². The smallest absolute Gasteiger partial charge is 0.314 e. The first kappa shape index (κ1) is 48.7. The van der Waals surface area contributed by atoms with E-state index in [4.69, 9.17) is 29.2 Å². The normalized spacial score (nSPS) is 27.9. The van der Waals surface area contributed by atoms with E-state index in [1.807, 2.05) is 24.3 Å². The highest BCUT2D eigenvalue weighted by Gasteiger charge is 2.34. The van der Waals surface area contributed by atoms with E-state index in [1.165, 1.54) is 88.2 Å². The van der Waals surface area contributed by atoms with E-state index < -0.39 is 0 Å². The van der Waals surface area contributed by atoms with Gasteiger partial charge in [-0.15, -0.1) is 0 Å². The summed E-state index contributed by atoms with van der Waals surface area (Å²) in [7, 11) is 0. The highest BCUT2D eigenvalue weighted by molar-refractivity contribution is 5.75. The Morgan fingerprint density at radius 3 is 1.16 bits per heavy atom. The minimum absolute atomic E-state index is 0.112. The van der Waals surface area contributed by atoms with E-state index in [2.05, 4.69) is 38.1 Å². The van der Waals surface area contributed by atoms with Crippen LogP contribution in [0.2, 0.25) is 0 Å². The zero-order chi connectivity index (χ0) is 43.5. The molecule has 0 radical (unpaired) electrons. The van der Waals surface area contributed by atoms with Gasteiger partial charge in [0.15, 0.2) is 0 Å². The molecule has 0 amide bonds. The van der Waals surface area contributed by atoms with Crippen molar-refractivity contribution >= 4 is 11.9 Å². The number of carbonyl (C=O) groups excluding carboxylic acids is 2. The first-order valence-electron chi connectivity index (χ1n) is 25.4. The van der Waals surface area contributed by atoms with Crippen LogP contribution in [0.1, 0.15) is 191 Å². The van der Waals surface area contributed by atoms with E-state index >= 15 is 0 Å². The van der Waals surface area contributed by atoms with Gasteiger partial charge < -0.3 is 29.2 Å². The second-order valence-corrected chi connectivity index (χ2v) is 19.9. The Morgan fingerprint density at radius 1 is 0.500 bits per heavy atom. The van der Waals surface area contributed by atoms with Gasteiger partial charge in [0.2, 0.25) is 0 Å². The van der Waals surface area contributed by atoms with Gasteiger partial charge in [0.25, 0.3) is 0 Å². The lowest BCUT2D eigenvalue weighted by Gasteiger charge is -2.37. The second kappa shape index (κ2) is 26.2. The maximum atomic E-state index is 13.4. The molecule has 8 nitrogen and oxygen atoms in total. The van der Waals surface area contributed by atoms with Gasteiger partial charge in [0.05, 0.1) is 24.0 Å². The van der Waals surface area contributed by atoms with E-state index in [1.54, 1.807) is 0 Å². The Bertz CT molecular complexity index is 1430. The summed E-state index contributed by atoms with van der Waals surface area (Å²) in [6.07, 6.45) is 26.2. The summed E-state index contributed by atoms with van der Waals surface area (Å²) in [4.78, 5) is 26.7. The van der Waals surface area contributed by atoms with Crippen LogP contribution in [0.3, 0.4) is 0 Å². The summed E-state index contributed by atoms with van der Waals surface area (Å²) in [5, 5.41) is 18.2. The van der Waals surface area contributed by atoms with Crippen LogP contribution < -0.4 is 9.47 Å². The summed E-state index contributed by atoms with van der Waals surface area (Å²) in [5.41, 5.74) is 2.66. The maximum absolute atomic E-state index is 13.4. The summed E-state index contributed by atoms with van der Waals surface area (Å²) in [6.45, 7) is 6.05. The van der Waals surface area contributed by atoms with Crippen molar-refractivity contribution in [2.75, 3.05) is 26.4 Å². The van der Waals surface area contributed by atoms with Crippen LogP contribution in [0, 0.1) is 35.5 Å². The predicted octanol–water partition coefficient (Wildman–Crippen LogP) is 12.3. The molecule has 2 unspecified atom stereocenters. The SMILES string of the molecule is CCCC1CCC(CC(c2ccc(OC(=O)C3CCC(OCCCO)CC3)cc2)C(CC2CCC(CCC)CC2)c2ccc(OC(=O)C3CCC(OCCCO)CC3)cc2)CC1. The zero-order valence-electron chi connectivity index (χ0n) is 38.5. The average Bonchev–Trinajstić information content (AvgIpc) is 3.30. The molecular weight excluding hydrogens is 777 g/mol. The summed E-state index contributed by atoms with van der Waals surface area (Å²) >= 11 is 0. The standard InChI is InChI=1S/C54H82O8/c1-3-7-39-9-13-41(14-10-39)37-51(43-17-29-49(30-18-43)61-53(57)45-21-25-47(26-22-45)59-35-5-33-55)52(38-42-15-11-40(8-4-2)12-16-42)44-19-31-50(32-20-44)62-54(58)46-23-27-48(28-24-46)60-36-6-34-56/h17-20,29-32,39-42,45-48,51-52,55-56H,3-16,21-28,33-38H2,1-2H3. The fraction of sp³-hybridized carbons (Fsp3) is 0.741. The lowest BCUT2D eigenvalue weighted by Crippen LogP contribution is -2.29. The second-order valence-electron chi connectivity index (χ2n) is 19.9. The molecule has 6 rings (SSSR count). The molecule has 4 aliphatic carbocycles. The minimum Gasteiger partial charge on any atom is -0.426 e. The Balaban J connectivity index is 1.17. The third kappa shape index (κ3) is 15.2. The van der Waals surface area contributed by atoms with Crippen molar-refractivity contribution in [1.29, 1.82) is 0 Å². The number of hydrogen-bond donors (Lipinski definition) is 2. The van der Waals surface area contributed by atoms with Gasteiger partial charge in [-0.25, -0.2) is 0 Å². The molecule has 0 bridgehead atoms. The number of ether oxygens (including phenoxy) is 4. The van der Waals surface area contributed by atoms with Crippen LogP contribution >= 0.6 is 0 Å². The fourth-order valence-corrected chi connectivity index (χ4v) is 11.6. The molecule has 2 N–H and O–H groups in total. The summed E-state index contributed by atoms with van der Waals surface area (Å²) in [6, 6.07) is 17.1. The summed E-state index contributed by atoms with van der Waals surface area (Å²) < 4.78 is 23.9. The van der Waals surface area contributed by atoms with Crippen molar-refractivity contribution in [3.8, 4) is 11.5 Å². The molecule has 0 aromatic heterocycles. The van der Waals surface area contributed by atoms with Gasteiger partial charge in [-0.1, -0.05) is 115 Å². The fourth-order valence-electron chi connectivity index (χ4n) is 11.6. The molecule has 4 fully saturated rings. The maximum Gasteiger partial charge on any atom is 0.314 e. The van der Waals surface area contributed by atoms with E-state index in [0.717, 1.165) is 76.0 Å². The largest absolute Gasteiger partial charge is 0.426 e. The van der Waals surface area contributed by atoms with Crippen molar-refractivity contribution in [1.82, 2.24) is 0 Å². The third-order valence-electron chi connectivity index (χ3n) is 15.4. The topological polar surface area (TPSA) is 112 Å². The molecule has 0 spiro atoms. The Hall–Kier alpha value is -2.78. The average molecular weight is 859 g/mol. The first-order chi connectivity index (χ1) is 30.3. The zero-order valence-corrected chi connectivity index (χ0v) is 38.5. The lowest BCUT2D eigenvalue weighted by atomic mass is 9.67. The van der Waals surface area contributed by atoms with Crippen LogP contribution in [0.4, 0.5) is 0 Å². The van der Waals surface area contributed by atoms with Gasteiger partial charge in [0.1, 0.15) is 11.5 Å². The van der Waals surface area contributed by atoms with E-state index in [-0.39, 0.29) is 49.2 Å². The predicted molar refractivity (Wildman–Crippen MR) is 246 cm³/mol. The number of carbonyl (C=O) groups is 2. The molecule has 2 aromatic carbocycles. The first-order valence-corrected chi connectivity index (χ1v) is 25.4. The van der Waals surface area contributed by atoms with Crippen molar-refractivity contribution < 1.29 is 38.7 Å². The quantitative estimate of drug-likeness (QED) is 0.0646. The van der Waals surface area contributed by atoms with Crippen LogP contribution in [-0.4, -0.2) is 60.8 Å². The van der Waals surface area contributed by atoms with Crippen LogP contribution in [0.25, 0.3) is 0 Å². The Morgan fingerprint density at radius 2 is 0.839 bits per heavy atom. The lowest BCUT2D eigenvalue weighted by molar-refractivity contribution is -0.142. The number of aliphatic hydroxyl groups is 2. The number of aliphatic hydroxyl groups excluding tert-OH is 2. The number of esters is 2. The highest BCUT2D eigenvalue weighted by Crippen LogP contribution is 2.48. The van der Waals surface area contributed by atoms with E-state index in [9.17, 15) is 9.59 Å². The molecule has 0 heterocycles. The van der Waals surface area contributed by atoms with Crippen LogP contribution in [0.5, 0.6) is 11.5 Å². The Labute approximate surface area is 374 Å². The number of hydrogen-bond acceptors (Lipinski definition) is 8. The summed E-state index contributed by atoms with van der Waals surface area (Å²) in [5.74, 6) is 4.49. The highest BCUT2D eigenvalue weighted by atomic mass is 16.5. The van der Waals surface area contributed by atoms with Gasteiger partial charge in [-0.05, 0) is 148 Å². The molecule has 0 aliphatic heterocycles. The molecule has 8 heteroatoms. The molecular formula is C54H82O8. The molecule has 4 aliphatic rings. The molecule has 0 saturated heterocycles. The number of rotatable bonds is 23. The molecule has 62 heavy (non-hydrogen) atoms. The molecule has 2 aromatic rings. The van der Waals surface area contributed by atoms with Crippen molar-refractivity contribution in [3.63, 3.8) is 0 Å². The van der Waals surface area contributed by atoms with Crippen LogP contribution in [0.15, 0.2) is 48.5 Å². The monoisotopic (exact) mass is 859 g/mol. The van der Waals surface area contributed by atoms with Crippen molar-refractivity contribution in [2.24, 2.45) is 35.5 Å². The van der Waals surface area contributed by atoms with Gasteiger partial charge in [-0.2, -0.15) is 0 Å². The van der Waals surface area contributed by atoms with E-state index in [0.29, 0.717) is 61.2 Å². The van der Waals surface area contributed by atoms with Crippen LogP contribution in [-0.2, 0) is 19.1 Å². The van der Waals surface area contributed by atoms with Crippen molar-refractivity contribution in [2.45, 2.75) is 192 Å². The molecule has 2 atom stereocenters. The van der Waals surface area contributed by atoms with Crippen molar-refractivity contribution in [3.05, 3.63) is 59.7 Å².